The van der Waals surface area contributed by atoms with E-state index in [2.05, 4.69) is 12.2 Å². The van der Waals surface area contributed by atoms with E-state index in [0.717, 1.165) is 35.5 Å². The lowest BCUT2D eigenvalue weighted by molar-refractivity contribution is -0.0267. The van der Waals surface area contributed by atoms with Gasteiger partial charge in [0.1, 0.15) is 11.5 Å². The summed E-state index contributed by atoms with van der Waals surface area (Å²) in [6.45, 7) is 2.58. The molecule has 0 spiro atoms. The first-order valence-electron chi connectivity index (χ1n) is 9.29. The summed E-state index contributed by atoms with van der Waals surface area (Å²) in [5.41, 5.74) is 2.34. The van der Waals surface area contributed by atoms with Gasteiger partial charge in [-0.15, -0.1) is 0 Å². The Bertz CT molecular complexity index is 656. The fourth-order valence-electron chi connectivity index (χ4n) is 3.24. The monoisotopic (exact) mass is 368 g/mol. The Morgan fingerprint density at radius 2 is 1.07 bits per heavy atom. The Balaban J connectivity index is 1.46. The topological polar surface area (TPSA) is 36.9 Å². The van der Waals surface area contributed by atoms with Gasteiger partial charge >= 0.3 is 0 Å². The van der Waals surface area contributed by atoms with Crippen LogP contribution in [0, 0.1) is 5.41 Å². The summed E-state index contributed by atoms with van der Waals surface area (Å²) in [7, 11) is 3.35. The van der Waals surface area contributed by atoms with Crippen LogP contribution in [-0.4, -0.2) is 27.4 Å². The van der Waals surface area contributed by atoms with E-state index in [1.165, 1.54) is 0 Å². The summed E-state index contributed by atoms with van der Waals surface area (Å²) in [5.74, 6) is 1.73. The Labute approximate surface area is 161 Å². The van der Waals surface area contributed by atoms with Gasteiger partial charge in [-0.1, -0.05) is 36.4 Å². The third-order valence-electron chi connectivity index (χ3n) is 4.94. The molecule has 0 bridgehead atoms. The van der Waals surface area contributed by atoms with Crippen molar-refractivity contribution in [1.29, 1.82) is 0 Å². The van der Waals surface area contributed by atoms with Crippen molar-refractivity contribution in [2.75, 3.05) is 27.4 Å². The average Bonchev–Trinajstić information content (AvgIpc) is 3.18. The number of methoxy groups -OCH3 is 2. The maximum Gasteiger partial charge on any atom is 0.118 e. The molecule has 3 rings (SSSR count). The van der Waals surface area contributed by atoms with E-state index in [0.29, 0.717) is 26.4 Å². The van der Waals surface area contributed by atoms with Crippen molar-refractivity contribution in [1.82, 2.24) is 0 Å². The van der Waals surface area contributed by atoms with Crippen molar-refractivity contribution < 1.29 is 18.9 Å². The molecule has 2 aromatic rings. The van der Waals surface area contributed by atoms with Crippen molar-refractivity contribution in [2.45, 2.75) is 26.1 Å². The molecule has 0 N–H and O–H groups in total. The Hall–Kier alpha value is -2.30. The molecule has 0 unspecified atom stereocenters. The van der Waals surface area contributed by atoms with E-state index in [9.17, 15) is 0 Å². The van der Waals surface area contributed by atoms with Crippen molar-refractivity contribution >= 4 is 0 Å². The number of benzene rings is 2. The second kappa shape index (κ2) is 9.58. The quantitative estimate of drug-likeness (QED) is 0.566. The van der Waals surface area contributed by atoms with Crippen molar-refractivity contribution in [2.24, 2.45) is 5.41 Å². The Morgan fingerprint density at radius 1 is 0.667 bits per heavy atom. The third kappa shape index (κ3) is 5.59. The van der Waals surface area contributed by atoms with Crippen molar-refractivity contribution in [3.05, 3.63) is 71.8 Å². The minimum absolute atomic E-state index is 0.0406. The van der Waals surface area contributed by atoms with Gasteiger partial charge in [0.05, 0.1) is 40.6 Å². The molecule has 0 atom stereocenters. The zero-order valence-electron chi connectivity index (χ0n) is 16.1. The van der Waals surface area contributed by atoms with Crippen LogP contribution in [0.3, 0.4) is 0 Å². The molecule has 1 aliphatic rings. The van der Waals surface area contributed by atoms with E-state index >= 15 is 0 Å². The fourth-order valence-corrected chi connectivity index (χ4v) is 3.24. The zero-order chi connectivity index (χ0) is 19.0. The summed E-state index contributed by atoms with van der Waals surface area (Å²) in [6.07, 6.45) is 6.46. The van der Waals surface area contributed by atoms with Gasteiger partial charge in [0, 0.05) is 5.41 Å². The lowest BCUT2D eigenvalue weighted by atomic mass is 9.87. The van der Waals surface area contributed by atoms with Crippen molar-refractivity contribution in [3.63, 3.8) is 0 Å². The van der Waals surface area contributed by atoms with Crippen LogP contribution in [0.1, 0.15) is 24.0 Å². The predicted molar refractivity (Wildman–Crippen MR) is 106 cm³/mol. The smallest absolute Gasteiger partial charge is 0.118 e. The first-order valence-corrected chi connectivity index (χ1v) is 9.29. The predicted octanol–water partition coefficient (Wildman–Crippen LogP) is 4.77. The standard InChI is InChI=1S/C23H28O4/c1-24-21-9-5-19(6-10-21)15-26-17-23(13-3-4-14-23)18-27-16-20-7-11-22(25-2)12-8-20/h3-12H,13-18H2,1-2H3. The van der Waals surface area contributed by atoms with Crippen LogP contribution in [0.25, 0.3) is 0 Å². The number of hydrogen-bond donors (Lipinski definition) is 0. The van der Waals surface area contributed by atoms with Crippen LogP contribution in [-0.2, 0) is 22.7 Å². The maximum atomic E-state index is 6.04. The maximum absolute atomic E-state index is 6.04. The van der Waals surface area contributed by atoms with E-state index in [4.69, 9.17) is 18.9 Å². The van der Waals surface area contributed by atoms with Gasteiger partial charge in [-0.25, -0.2) is 0 Å². The molecule has 0 fully saturated rings. The molecule has 4 nitrogen and oxygen atoms in total. The van der Waals surface area contributed by atoms with Gasteiger partial charge < -0.3 is 18.9 Å². The molecule has 1 aliphatic carbocycles. The molecule has 0 saturated heterocycles. The van der Waals surface area contributed by atoms with Crippen LogP contribution in [0.5, 0.6) is 11.5 Å². The second-order valence-electron chi connectivity index (χ2n) is 7.06. The Morgan fingerprint density at radius 3 is 1.44 bits per heavy atom. The molecule has 0 amide bonds. The van der Waals surface area contributed by atoms with Crippen LogP contribution in [0.4, 0.5) is 0 Å². The number of allylic oxidation sites excluding steroid dienone is 2. The van der Waals surface area contributed by atoms with Gasteiger partial charge in [-0.05, 0) is 48.2 Å². The van der Waals surface area contributed by atoms with Crippen molar-refractivity contribution in [3.8, 4) is 11.5 Å². The highest BCUT2D eigenvalue weighted by Crippen LogP contribution is 2.34. The third-order valence-corrected chi connectivity index (χ3v) is 4.94. The number of hydrogen-bond acceptors (Lipinski definition) is 4. The molecular formula is C23H28O4. The molecular weight excluding hydrogens is 340 g/mol. The van der Waals surface area contributed by atoms with Crippen LogP contribution in [0.2, 0.25) is 0 Å². The van der Waals surface area contributed by atoms with Gasteiger partial charge in [0.15, 0.2) is 0 Å². The molecule has 0 saturated carbocycles. The number of ether oxygens (including phenoxy) is 4. The molecule has 0 heterocycles. The molecule has 0 radical (unpaired) electrons. The lowest BCUT2D eigenvalue weighted by Gasteiger charge is -2.28. The van der Waals surface area contributed by atoms with Gasteiger partial charge in [0.25, 0.3) is 0 Å². The molecule has 2 aromatic carbocycles. The minimum Gasteiger partial charge on any atom is -0.497 e. The van der Waals surface area contributed by atoms with Crippen LogP contribution < -0.4 is 9.47 Å². The summed E-state index contributed by atoms with van der Waals surface area (Å²) >= 11 is 0. The number of rotatable bonds is 10. The molecule has 0 aromatic heterocycles. The minimum atomic E-state index is 0.0406. The molecule has 0 aliphatic heterocycles. The first kappa shape index (κ1) is 19.5. The summed E-state index contributed by atoms with van der Waals surface area (Å²) in [6, 6.07) is 16.0. The highest BCUT2D eigenvalue weighted by Gasteiger charge is 2.31. The summed E-state index contributed by atoms with van der Waals surface area (Å²) < 4.78 is 22.5. The molecule has 27 heavy (non-hydrogen) atoms. The zero-order valence-corrected chi connectivity index (χ0v) is 16.1. The van der Waals surface area contributed by atoms with Gasteiger partial charge in [-0.3, -0.25) is 0 Å². The SMILES string of the molecule is COc1ccc(COCC2(COCc3ccc(OC)cc3)CC=CC2)cc1. The lowest BCUT2D eigenvalue weighted by Crippen LogP contribution is -2.29. The largest absolute Gasteiger partial charge is 0.497 e. The van der Waals surface area contributed by atoms with E-state index in [1.54, 1.807) is 14.2 Å². The first-order chi connectivity index (χ1) is 13.2. The Kier molecular flexibility index (Phi) is 6.91. The normalized spacial score (nSPS) is 15.0. The van der Waals surface area contributed by atoms with Crippen LogP contribution in [0.15, 0.2) is 60.7 Å². The molecule has 4 heteroatoms. The summed E-state index contributed by atoms with van der Waals surface area (Å²) in [4.78, 5) is 0. The molecule has 144 valence electrons. The fraction of sp³-hybridized carbons (Fsp3) is 0.391. The highest BCUT2D eigenvalue weighted by molar-refractivity contribution is 5.27. The van der Waals surface area contributed by atoms with Gasteiger partial charge in [0.2, 0.25) is 0 Å². The second-order valence-corrected chi connectivity index (χ2v) is 7.06. The summed E-state index contributed by atoms with van der Waals surface area (Å²) in [5, 5.41) is 0. The van der Waals surface area contributed by atoms with E-state index < -0.39 is 0 Å². The van der Waals surface area contributed by atoms with Gasteiger partial charge in [-0.2, -0.15) is 0 Å². The van der Waals surface area contributed by atoms with E-state index in [-0.39, 0.29) is 5.41 Å². The highest BCUT2D eigenvalue weighted by atomic mass is 16.5. The van der Waals surface area contributed by atoms with E-state index in [1.807, 2.05) is 48.5 Å². The average molecular weight is 368 g/mol. The van der Waals surface area contributed by atoms with Crippen LogP contribution >= 0.6 is 0 Å².